The van der Waals surface area contributed by atoms with Gasteiger partial charge >= 0.3 is 0 Å². The Kier molecular flexibility index (Phi) is 4.84. The summed E-state index contributed by atoms with van der Waals surface area (Å²) in [6.07, 6.45) is 1.62. The van der Waals surface area contributed by atoms with Crippen LogP contribution in [0.15, 0.2) is 33.8 Å². The third-order valence-corrected chi connectivity index (χ3v) is 2.42. The third kappa shape index (κ3) is 6.19. The summed E-state index contributed by atoms with van der Waals surface area (Å²) in [7, 11) is 5.87. The molecule has 1 amide bonds. The maximum absolute atomic E-state index is 11.5. The van der Waals surface area contributed by atoms with Crippen molar-refractivity contribution in [2.45, 2.75) is 0 Å². The fourth-order valence-electron chi connectivity index (χ4n) is 1.19. The lowest BCUT2D eigenvalue weighted by Crippen LogP contribution is -2.43. The lowest BCUT2D eigenvalue weighted by Gasteiger charge is -2.21. The molecule has 1 aromatic carbocycles. The number of hydrogen-bond acceptors (Lipinski definition) is 2. The molecule has 0 aliphatic carbocycles. The number of carbonyl (C=O) groups is 1. The van der Waals surface area contributed by atoms with E-state index in [9.17, 15) is 4.79 Å². The van der Waals surface area contributed by atoms with Gasteiger partial charge in [0.25, 0.3) is 5.91 Å². The van der Waals surface area contributed by atoms with Gasteiger partial charge in [0.1, 0.15) is 0 Å². The Morgan fingerprint density at radius 2 is 1.94 bits per heavy atom. The molecule has 0 saturated carbocycles. The van der Waals surface area contributed by atoms with E-state index in [1.54, 1.807) is 6.21 Å². The molecule has 4 nitrogen and oxygen atoms in total. The number of halogens is 1. The van der Waals surface area contributed by atoms with Crippen molar-refractivity contribution in [2.24, 2.45) is 5.10 Å². The zero-order valence-electron chi connectivity index (χ0n) is 10.3. The highest BCUT2D eigenvalue weighted by atomic mass is 79.9. The predicted octanol–water partition coefficient (Wildman–Crippen LogP) is 1.61. The third-order valence-electron chi connectivity index (χ3n) is 1.89. The highest BCUT2D eigenvalue weighted by molar-refractivity contribution is 9.10. The smallest absolute Gasteiger partial charge is 0.295 e. The zero-order valence-corrected chi connectivity index (χ0v) is 11.9. The predicted molar refractivity (Wildman–Crippen MR) is 72.8 cm³/mol. The van der Waals surface area contributed by atoms with Crippen LogP contribution < -0.4 is 5.43 Å². The van der Waals surface area contributed by atoms with Crippen LogP contribution in [0.25, 0.3) is 0 Å². The summed E-state index contributed by atoms with van der Waals surface area (Å²) >= 11 is 3.35. The number of nitrogens with one attached hydrogen (secondary N) is 1. The lowest BCUT2D eigenvalue weighted by atomic mass is 10.2. The molecular weight excluding hydrogens is 282 g/mol. The number of carbonyl (C=O) groups excluding carboxylic acids is 1. The van der Waals surface area contributed by atoms with Crippen molar-refractivity contribution in [3.63, 3.8) is 0 Å². The van der Waals surface area contributed by atoms with E-state index in [2.05, 4.69) is 26.5 Å². The molecule has 1 N–H and O–H groups in total. The van der Waals surface area contributed by atoms with Crippen LogP contribution in [0.4, 0.5) is 0 Å². The lowest BCUT2D eigenvalue weighted by molar-refractivity contribution is -0.862. The summed E-state index contributed by atoms with van der Waals surface area (Å²) in [5.41, 5.74) is 3.45. The van der Waals surface area contributed by atoms with Crippen LogP contribution in [-0.2, 0) is 4.79 Å². The molecular formula is C12H17BrN3O+. The number of amides is 1. The molecule has 5 heteroatoms. The molecule has 0 unspecified atom stereocenters. The second-order valence-corrected chi connectivity index (χ2v) is 5.71. The number of hydrogen-bond donors (Lipinski definition) is 1. The van der Waals surface area contributed by atoms with Gasteiger partial charge in [-0.25, -0.2) is 5.43 Å². The summed E-state index contributed by atoms with van der Waals surface area (Å²) in [6.45, 7) is 0.400. The fraction of sp³-hybridized carbons (Fsp3) is 0.333. The van der Waals surface area contributed by atoms with Crippen molar-refractivity contribution >= 4 is 28.1 Å². The van der Waals surface area contributed by atoms with Gasteiger partial charge in [-0.2, -0.15) is 5.10 Å². The van der Waals surface area contributed by atoms with Gasteiger partial charge in [0.2, 0.25) is 0 Å². The zero-order chi connectivity index (χ0) is 12.9. The molecule has 92 valence electrons. The van der Waals surface area contributed by atoms with Crippen LogP contribution >= 0.6 is 15.9 Å². The minimum Gasteiger partial charge on any atom is -0.323 e. The SMILES string of the molecule is C[N+](C)(C)CC(=O)N/N=C/c1ccc(Br)cc1. The van der Waals surface area contributed by atoms with Crippen LogP contribution in [0, 0.1) is 0 Å². The topological polar surface area (TPSA) is 41.5 Å². The van der Waals surface area contributed by atoms with Gasteiger partial charge in [-0.1, -0.05) is 28.1 Å². The molecule has 0 heterocycles. The van der Waals surface area contributed by atoms with E-state index in [4.69, 9.17) is 0 Å². The first-order valence-corrected chi connectivity index (χ1v) is 6.04. The molecule has 0 aromatic heterocycles. The molecule has 0 fully saturated rings. The molecule has 0 aliphatic heterocycles. The Labute approximate surface area is 110 Å². The quantitative estimate of drug-likeness (QED) is 0.512. The fourth-order valence-corrected chi connectivity index (χ4v) is 1.46. The van der Waals surface area contributed by atoms with E-state index in [-0.39, 0.29) is 5.91 Å². The van der Waals surface area contributed by atoms with Crippen LogP contribution in [0.3, 0.4) is 0 Å². The Morgan fingerprint density at radius 3 is 2.47 bits per heavy atom. The first-order valence-electron chi connectivity index (χ1n) is 5.25. The summed E-state index contributed by atoms with van der Waals surface area (Å²) in [5, 5.41) is 3.91. The number of nitrogens with zero attached hydrogens (tertiary/aromatic N) is 2. The molecule has 0 bridgehead atoms. The Bertz CT molecular complexity index is 407. The van der Waals surface area contributed by atoms with Gasteiger partial charge < -0.3 is 4.48 Å². The number of quaternary nitrogens is 1. The molecule has 17 heavy (non-hydrogen) atoms. The van der Waals surface area contributed by atoms with Crippen molar-refractivity contribution in [3.05, 3.63) is 34.3 Å². The van der Waals surface area contributed by atoms with Gasteiger partial charge in [0.05, 0.1) is 27.4 Å². The van der Waals surface area contributed by atoms with Crippen LogP contribution in [-0.4, -0.2) is 44.3 Å². The molecule has 1 aromatic rings. The molecule has 0 radical (unpaired) electrons. The van der Waals surface area contributed by atoms with E-state index in [0.717, 1.165) is 10.0 Å². The van der Waals surface area contributed by atoms with E-state index >= 15 is 0 Å². The van der Waals surface area contributed by atoms with E-state index < -0.39 is 0 Å². The average molecular weight is 299 g/mol. The summed E-state index contributed by atoms with van der Waals surface area (Å²) < 4.78 is 1.60. The first-order chi connectivity index (χ1) is 7.87. The number of benzene rings is 1. The van der Waals surface area contributed by atoms with Crippen LogP contribution in [0.5, 0.6) is 0 Å². The van der Waals surface area contributed by atoms with Gasteiger partial charge in [0.15, 0.2) is 6.54 Å². The first kappa shape index (κ1) is 13.9. The van der Waals surface area contributed by atoms with Gasteiger partial charge in [0, 0.05) is 4.47 Å². The number of hydrazone groups is 1. The second-order valence-electron chi connectivity index (χ2n) is 4.79. The Hall–Kier alpha value is -1.20. The highest BCUT2D eigenvalue weighted by Gasteiger charge is 2.12. The minimum atomic E-state index is -0.0918. The maximum atomic E-state index is 11.5. The van der Waals surface area contributed by atoms with Crippen molar-refractivity contribution < 1.29 is 9.28 Å². The van der Waals surface area contributed by atoms with Crippen molar-refractivity contribution in [1.82, 2.24) is 5.43 Å². The minimum absolute atomic E-state index is 0.0918. The molecule has 0 aliphatic rings. The van der Waals surface area contributed by atoms with Gasteiger partial charge in [-0.15, -0.1) is 0 Å². The molecule has 1 rings (SSSR count). The Morgan fingerprint density at radius 1 is 1.35 bits per heavy atom. The molecule has 0 atom stereocenters. The van der Waals surface area contributed by atoms with E-state index in [1.165, 1.54) is 0 Å². The van der Waals surface area contributed by atoms with Crippen LogP contribution in [0.2, 0.25) is 0 Å². The van der Waals surface area contributed by atoms with Crippen molar-refractivity contribution in [1.29, 1.82) is 0 Å². The van der Waals surface area contributed by atoms with Gasteiger partial charge in [-0.05, 0) is 17.7 Å². The number of likely N-dealkylation sites (N-methyl/N-ethyl adjacent to an activating group) is 1. The van der Waals surface area contributed by atoms with Gasteiger partial charge in [-0.3, -0.25) is 4.79 Å². The molecule has 0 spiro atoms. The molecule has 0 saturated heterocycles. The summed E-state index contributed by atoms with van der Waals surface area (Å²) in [4.78, 5) is 11.5. The maximum Gasteiger partial charge on any atom is 0.295 e. The second kappa shape index (κ2) is 5.93. The van der Waals surface area contributed by atoms with E-state index in [1.807, 2.05) is 45.4 Å². The van der Waals surface area contributed by atoms with Crippen LogP contribution in [0.1, 0.15) is 5.56 Å². The average Bonchev–Trinajstić information content (AvgIpc) is 2.18. The Balaban J connectivity index is 2.45. The number of rotatable bonds is 4. The standard InChI is InChI=1S/C12H16BrN3O/c1-16(2,3)9-12(17)15-14-8-10-4-6-11(13)7-5-10/h4-8H,9H2,1-3H3/p+1/b14-8+. The monoisotopic (exact) mass is 298 g/mol. The van der Waals surface area contributed by atoms with Crippen molar-refractivity contribution in [3.8, 4) is 0 Å². The van der Waals surface area contributed by atoms with Crippen molar-refractivity contribution in [2.75, 3.05) is 27.7 Å². The largest absolute Gasteiger partial charge is 0.323 e. The highest BCUT2D eigenvalue weighted by Crippen LogP contribution is 2.08. The van der Waals surface area contributed by atoms with E-state index in [0.29, 0.717) is 11.0 Å². The summed E-state index contributed by atoms with van der Waals surface area (Å²) in [6, 6.07) is 7.68. The summed E-state index contributed by atoms with van der Waals surface area (Å²) in [5.74, 6) is -0.0918. The normalized spacial score (nSPS) is 11.8.